The Kier molecular flexibility index (Phi) is 19.9. The van der Waals surface area contributed by atoms with Gasteiger partial charge >= 0.3 is 5.97 Å². The summed E-state index contributed by atoms with van der Waals surface area (Å²) in [6, 6.07) is 0. The zero-order valence-electron chi connectivity index (χ0n) is 16.2. The van der Waals surface area contributed by atoms with Gasteiger partial charge in [-0.1, -0.05) is 65.2 Å². The number of rotatable bonds is 19. The molecule has 0 aliphatic rings. The van der Waals surface area contributed by atoms with Gasteiger partial charge in [-0.2, -0.15) is 0 Å². The van der Waals surface area contributed by atoms with Gasteiger partial charge < -0.3 is 14.2 Å². The molecule has 0 aromatic heterocycles. The van der Waals surface area contributed by atoms with Gasteiger partial charge in [-0.15, -0.1) is 0 Å². The van der Waals surface area contributed by atoms with Gasteiger partial charge in [-0.25, -0.2) is 0 Å². The highest BCUT2D eigenvalue weighted by atomic mass is 16.5. The van der Waals surface area contributed by atoms with E-state index in [9.17, 15) is 4.79 Å². The lowest BCUT2D eigenvalue weighted by atomic mass is 10.1. The van der Waals surface area contributed by atoms with Crippen molar-refractivity contribution in [3.05, 3.63) is 0 Å². The molecule has 4 heteroatoms. The second kappa shape index (κ2) is 20.4. The van der Waals surface area contributed by atoms with Crippen LogP contribution in [-0.4, -0.2) is 39.0 Å². The molecule has 0 spiro atoms. The summed E-state index contributed by atoms with van der Waals surface area (Å²) in [5, 5.41) is 0. The van der Waals surface area contributed by atoms with Crippen LogP contribution >= 0.6 is 0 Å². The molecule has 0 unspecified atom stereocenters. The molecule has 0 atom stereocenters. The van der Waals surface area contributed by atoms with E-state index in [4.69, 9.17) is 14.2 Å². The van der Waals surface area contributed by atoms with Crippen LogP contribution in [-0.2, 0) is 19.0 Å². The van der Waals surface area contributed by atoms with Crippen LogP contribution in [0.1, 0.15) is 90.9 Å². The number of carbonyl (C=O) groups is 1. The summed E-state index contributed by atoms with van der Waals surface area (Å²) in [5.74, 6) is -0.113. The molecule has 0 aliphatic heterocycles. The van der Waals surface area contributed by atoms with Crippen LogP contribution in [0.2, 0.25) is 0 Å². The second-order valence-corrected chi connectivity index (χ2v) is 6.38. The van der Waals surface area contributed by atoms with Crippen LogP contribution in [0.25, 0.3) is 0 Å². The lowest BCUT2D eigenvalue weighted by Gasteiger charge is -2.06. The van der Waals surface area contributed by atoms with Crippen molar-refractivity contribution >= 4 is 5.97 Å². The average molecular weight is 345 g/mol. The minimum absolute atomic E-state index is 0.113. The molecule has 0 fully saturated rings. The monoisotopic (exact) mass is 344 g/mol. The van der Waals surface area contributed by atoms with Gasteiger partial charge in [0.05, 0.1) is 19.8 Å². The lowest BCUT2D eigenvalue weighted by Crippen LogP contribution is -2.09. The third kappa shape index (κ3) is 19.4. The summed E-state index contributed by atoms with van der Waals surface area (Å²) in [7, 11) is 0. The maximum Gasteiger partial charge on any atom is 0.305 e. The predicted molar refractivity (Wildman–Crippen MR) is 99.3 cm³/mol. The minimum Gasteiger partial charge on any atom is -0.466 e. The van der Waals surface area contributed by atoms with Crippen molar-refractivity contribution in [2.45, 2.75) is 90.9 Å². The Bertz CT molecular complexity index is 256. The number of carbonyl (C=O) groups excluding carboxylic acids is 1. The summed E-state index contributed by atoms with van der Waals surface area (Å²) in [6.07, 6.45) is 13.8. The average Bonchev–Trinajstić information content (AvgIpc) is 2.58. The molecule has 24 heavy (non-hydrogen) atoms. The Morgan fingerprint density at radius 2 is 1.12 bits per heavy atom. The Morgan fingerprint density at radius 3 is 1.75 bits per heavy atom. The van der Waals surface area contributed by atoms with Gasteiger partial charge in [-0.05, 0) is 19.3 Å². The maximum atomic E-state index is 11.3. The maximum absolute atomic E-state index is 11.3. The Balaban J connectivity index is 3.06. The first-order valence-electron chi connectivity index (χ1n) is 10.1. The van der Waals surface area contributed by atoms with Crippen LogP contribution in [0.15, 0.2) is 0 Å². The van der Waals surface area contributed by atoms with Gasteiger partial charge in [0.25, 0.3) is 0 Å². The molecule has 4 nitrogen and oxygen atoms in total. The quantitative estimate of drug-likeness (QED) is 0.236. The third-order valence-corrected chi connectivity index (χ3v) is 3.94. The fraction of sp³-hybridized carbons (Fsp3) is 0.950. The number of unbranched alkanes of at least 4 members (excludes halogenated alkanes) is 8. The summed E-state index contributed by atoms with van der Waals surface area (Å²) in [4.78, 5) is 11.3. The molecular formula is C20H40O4. The van der Waals surface area contributed by atoms with E-state index in [1.54, 1.807) is 0 Å². The van der Waals surface area contributed by atoms with Gasteiger partial charge in [0.2, 0.25) is 0 Å². The number of hydrogen-bond acceptors (Lipinski definition) is 4. The molecule has 0 aromatic carbocycles. The third-order valence-electron chi connectivity index (χ3n) is 3.94. The van der Waals surface area contributed by atoms with Crippen molar-refractivity contribution in [2.24, 2.45) is 0 Å². The highest BCUT2D eigenvalue weighted by molar-refractivity contribution is 5.69. The number of ether oxygens (including phenoxy) is 3. The topological polar surface area (TPSA) is 44.8 Å². The molecule has 0 bridgehead atoms. The van der Waals surface area contributed by atoms with Crippen LogP contribution < -0.4 is 0 Å². The van der Waals surface area contributed by atoms with E-state index in [1.807, 2.05) is 0 Å². The van der Waals surface area contributed by atoms with Gasteiger partial charge in [0.15, 0.2) is 0 Å². The standard InChI is InChI=1S/C20H40O4/c1-3-5-7-8-9-10-11-12-15-22-18-19-23-16-13-14-20(21)24-17-6-4-2/h3-19H2,1-2H3. The zero-order valence-corrected chi connectivity index (χ0v) is 16.2. The fourth-order valence-corrected chi connectivity index (χ4v) is 2.38. The Hall–Kier alpha value is -0.610. The second-order valence-electron chi connectivity index (χ2n) is 6.38. The van der Waals surface area contributed by atoms with E-state index >= 15 is 0 Å². The van der Waals surface area contributed by atoms with Crippen molar-refractivity contribution in [1.29, 1.82) is 0 Å². The lowest BCUT2D eigenvalue weighted by molar-refractivity contribution is -0.144. The summed E-state index contributed by atoms with van der Waals surface area (Å²) < 4.78 is 16.1. The van der Waals surface area contributed by atoms with Crippen LogP contribution in [0.3, 0.4) is 0 Å². The SMILES string of the molecule is CCCCCCCCCCOCCOCCCC(=O)OCCCC. The predicted octanol–water partition coefficient (Wildman–Crippen LogP) is 5.28. The van der Waals surface area contributed by atoms with E-state index in [-0.39, 0.29) is 5.97 Å². The van der Waals surface area contributed by atoms with Crippen LogP contribution in [0.4, 0.5) is 0 Å². The largest absolute Gasteiger partial charge is 0.466 e. The molecule has 0 aliphatic carbocycles. The molecule has 0 heterocycles. The zero-order chi connectivity index (χ0) is 17.7. The van der Waals surface area contributed by atoms with Gasteiger partial charge in [0, 0.05) is 19.6 Å². The van der Waals surface area contributed by atoms with Gasteiger partial charge in [0.1, 0.15) is 0 Å². The first kappa shape index (κ1) is 23.4. The molecule has 0 rings (SSSR count). The normalized spacial score (nSPS) is 10.9. The summed E-state index contributed by atoms with van der Waals surface area (Å²) >= 11 is 0. The van der Waals surface area contributed by atoms with E-state index in [0.29, 0.717) is 32.8 Å². The Labute approximate surface area is 149 Å². The van der Waals surface area contributed by atoms with E-state index in [0.717, 1.165) is 32.3 Å². The van der Waals surface area contributed by atoms with Crippen LogP contribution in [0.5, 0.6) is 0 Å². The molecule has 0 saturated heterocycles. The molecule has 144 valence electrons. The van der Waals surface area contributed by atoms with Crippen molar-refractivity contribution in [3.63, 3.8) is 0 Å². The van der Waals surface area contributed by atoms with E-state index in [2.05, 4.69) is 13.8 Å². The van der Waals surface area contributed by atoms with Crippen molar-refractivity contribution in [2.75, 3.05) is 33.0 Å². The molecular weight excluding hydrogens is 304 g/mol. The highest BCUT2D eigenvalue weighted by Crippen LogP contribution is 2.08. The molecule has 0 radical (unpaired) electrons. The van der Waals surface area contributed by atoms with Crippen molar-refractivity contribution in [1.82, 2.24) is 0 Å². The highest BCUT2D eigenvalue weighted by Gasteiger charge is 2.01. The summed E-state index contributed by atoms with van der Waals surface area (Å²) in [5.41, 5.74) is 0. The molecule has 0 amide bonds. The van der Waals surface area contributed by atoms with Gasteiger partial charge in [-0.3, -0.25) is 4.79 Å². The molecule has 0 N–H and O–H groups in total. The van der Waals surface area contributed by atoms with E-state index < -0.39 is 0 Å². The minimum atomic E-state index is -0.113. The molecule has 0 aromatic rings. The van der Waals surface area contributed by atoms with Crippen LogP contribution in [0, 0.1) is 0 Å². The molecule has 0 saturated carbocycles. The number of hydrogen-bond donors (Lipinski definition) is 0. The fourth-order valence-electron chi connectivity index (χ4n) is 2.38. The first-order chi connectivity index (χ1) is 11.8. The Morgan fingerprint density at radius 1 is 0.583 bits per heavy atom. The smallest absolute Gasteiger partial charge is 0.305 e. The first-order valence-corrected chi connectivity index (χ1v) is 10.1. The van der Waals surface area contributed by atoms with E-state index in [1.165, 1.54) is 44.9 Å². The van der Waals surface area contributed by atoms with Crippen molar-refractivity contribution in [3.8, 4) is 0 Å². The summed E-state index contributed by atoms with van der Waals surface area (Å²) in [6.45, 7) is 7.58. The van der Waals surface area contributed by atoms with Crippen molar-refractivity contribution < 1.29 is 19.0 Å². The number of esters is 1.